The van der Waals surface area contributed by atoms with Crippen molar-refractivity contribution in [1.82, 2.24) is 15.5 Å². The summed E-state index contributed by atoms with van der Waals surface area (Å²) in [4.78, 5) is 52.1. The number of benzene rings is 1. The molecule has 0 heterocycles. The number of aryl methyl sites for hydroxylation is 1. The first-order valence-electron chi connectivity index (χ1n) is 12.1. The van der Waals surface area contributed by atoms with Crippen molar-refractivity contribution in [2.45, 2.75) is 79.0 Å². The summed E-state index contributed by atoms with van der Waals surface area (Å²) in [6.07, 6.45) is 0.148. The van der Waals surface area contributed by atoms with Gasteiger partial charge in [0.25, 0.3) is 0 Å². The highest BCUT2D eigenvalue weighted by Gasteiger charge is 2.35. The molecule has 2 N–H and O–H groups in total. The summed E-state index contributed by atoms with van der Waals surface area (Å²) >= 11 is 0. The summed E-state index contributed by atoms with van der Waals surface area (Å²) < 4.78 is 10.2. The molecule has 0 saturated heterocycles. The molecule has 9 heteroatoms. The zero-order chi connectivity index (χ0) is 26.8. The lowest BCUT2D eigenvalue weighted by molar-refractivity contribution is -0.144. The summed E-state index contributed by atoms with van der Waals surface area (Å²) in [5.41, 5.74) is 0.991. The minimum absolute atomic E-state index is 0.0214. The van der Waals surface area contributed by atoms with E-state index in [1.54, 1.807) is 41.5 Å². The molecule has 2 atom stereocenters. The Morgan fingerprint density at radius 2 is 1.63 bits per heavy atom. The Labute approximate surface area is 208 Å². The highest BCUT2D eigenvalue weighted by molar-refractivity contribution is 5.92. The van der Waals surface area contributed by atoms with Gasteiger partial charge in [-0.15, -0.1) is 0 Å². The largest absolute Gasteiger partial charge is 0.466 e. The van der Waals surface area contributed by atoms with Gasteiger partial charge in [0.1, 0.15) is 17.7 Å². The second kappa shape index (κ2) is 13.7. The lowest BCUT2D eigenvalue weighted by Crippen LogP contribution is -2.53. The van der Waals surface area contributed by atoms with Crippen LogP contribution in [0.15, 0.2) is 24.3 Å². The first kappa shape index (κ1) is 29.9. The molecule has 1 aromatic carbocycles. The van der Waals surface area contributed by atoms with Crippen molar-refractivity contribution < 1.29 is 28.7 Å². The quantitative estimate of drug-likeness (QED) is 0.459. The van der Waals surface area contributed by atoms with E-state index in [1.807, 2.05) is 31.2 Å². The fraction of sp³-hybridized carbons (Fsp3) is 0.615. The van der Waals surface area contributed by atoms with Gasteiger partial charge in [-0.1, -0.05) is 45.0 Å². The normalized spacial score (nSPS) is 12.9. The predicted molar refractivity (Wildman–Crippen MR) is 134 cm³/mol. The maximum atomic E-state index is 13.5. The third-order valence-electron chi connectivity index (χ3n) is 5.23. The van der Waals surface area contributed by atoms with Gasteiger partial charge in [-0.2, -0.15) is 0 Å². The van der Waals surface area contributed by atoms with E-state index in [-0.39, 0.29) is 25.5 Å². The number of carbonyl (C=O) groups is 4. The minimum atomic E-state index is -0.961. The highest BCUT2D eigenvalue weighted by atomic mass is 16.6. The van der Waals surface area contributed by atoms with Crippen molar-refractivity contribution in [3.8, 4) is 0 Å². The van der Waals surface area contributed by atoms with Crippen LogP contribution in [0.25, 0.3) is 0 Å². The van der Waals surface area contributed by atoms with Crippen LogP contribution in [-0.4, -0.2) is 60.6 Å². The molecule has 0 radical (unpaired) electrons. The van der Waals surface area contributed by atoms with Crippen molar-refractivity contribution in [1.29, 1.82) is 0 Å². The van der Waals surface area contributed by atoms with Gasteiger partial charge in [0.05, 0.1) is 13.0 Å². The molecular formula is C26H41N3O6. The van der Waals surface area contributed by atoms with Gasteiger partial charge in [-0.3, -0.25) is 14.4 Å². The van der Waals surface area contributed by atoms with Gasteiger partial charge in [0.15, 0.2) is 0 Å². The first-order chi connectivity index (χ1) is 16.3. The number of ether oxygens (including phenoxy) is 2. The van der Waals surface area contributed by atoms with Crippen molar-refractivity contribution in [2.75, 3.05) is 20.2 Å². The molecule has 0 bridgehead atoms. The molecule has 9 nitrogen and oxygen atoms in total. The van der Waals surface area contributed by atoms with Gasteiger partial charge in [-0.25, -0.2) is 4.79 Å². The Bertz CT molecular complexity index is 861. The van der Waals surface area contributed by atoms with Crippen molar-refractivity contribution in [2.24, 2.45) is 5.92 Å². The van der Waals surface area contributed by atoms with E-state index in [2.05, 4.69) is 10.6 Å². The van der Waals surface area contributed by atoms with E-state index in [9.17, 15) is 19.2 Å². The molecule has 3 amide bonds. The third-order valence-corrected chi connectivity index (χ3v) is 5.23. The molecule has 1 aromatic rings. The number of nitrogens with one attached hydrogen (secondary N) is 2. The number of esters is 1. The Hall–Kier alpha value is -3.10. The van der Waals surface area contributed by atoms with E-state index in [0.717, 1.165) is 12.0 Å². The number of nitrogens with zero attached hydrogens (tertiary/aromatic N) is 1. The average Bonchev–Trinajstić information content (AvgIpc) is 2.76. The Balaban J connectivity index is 3.16. The lowest BCUT2D eigenvalue weighted by Gasteiger charge is -2.33. The van der Waals surface area contributed by atoms with Crippen molar-refractivity contribution in [3.63, 3.8) is 0 Å². The van der Waals surface area contributed by atoms with Crippen LogP contribution >= 0.6 is 0 Å². The molecule has 0 aliphatic carbocycles. The first-order valence-corrected chi connectivity index (χ1v) is 12.1. The second-order valence-corrected chi connectivity index (χ2v) is 9.66. The molecule has 0 spiro atoms. The number of alkyl carbamates (subject to hydrolysis) is 1. The molecule has 0 aliphatic rings. The van der Waals surface area contributed by atoms with Gasteiger partial charge in [0, 0.05) is 13.6 Å². The van der Waals surface area contributed by atoms with Crippen LogP contribution in [0.3, 0.4) is 0 Å². The van der Waals surface area contributed by atoms with E-state index < -0.39 is 41.6 Å². The van der Waals surface area contributed by atoms with Crippen LogP contribution < -0.4 is 10.6 Å². The molecule has 0 fully saturated rings. The monoisotopic (exact) mass is 491 g/mol. The number of carbonyl (C=O) groups excluding carboxylic acids is 4. The standard InChI is InChI=1S/C26H41N3O6/c1-9-18-11-13-19(14-12-18)22(23(31)27-16-15-20(30)34-10-2)29(8)24(32)21(17(3)4)28-25(33)35-26(5,6)7/h11-14,17,21-22H,9-10,15-16H2,1-8H3,(H,27,31)(H,28,33). The van der Waals surface area contributed by atoms with E-state index >= 15 is 0 Å². The minimum Gasteiger partial charge on any atom is -0.466 e. The number of hydrogen-bond donors (Lipinski definition) is 2. The van der Waals surface area contributed by atoms with Gasteiger partial charge in [0.2, 0.25) is 11.8 Å². The van der Waals surface area contributed by atoms with E-state index in [4.69, 9.17) is 9.47 Å². The van der Waals surface area contributed by atoms with E-state index in [0.29, 0.717) is 5.56 Å². The fourth-order valence-corrected chi connectivity index (χ4v) is 3.40. The molecule has 0 aliphatic heterocycles. The Morgan fingerprint density at radius 3 is 2.11 bits per heavy atom. The van der Waals surface area contributed by atoms with Crippen LogP contribution in [0.1, 0.15) is 72.1 Å². The molecular weight excluding hydrogens is 450 g/mol. The van der Waals surface area contributed by atoms with Crippen molar-refractivity contribution >= 4 is 23.9 Å². The zero-order valence-electron chi connectivity index (χ0n) is 22.3. The van der Waals surface area contributed by atoms with Gasteiger partial charge < -0.3 is 25.0 Å². The summed E-state index contributed by atoms with van der Waals surface area (Å²) in [7, 11) is 1.53. The van der Waals surface area contributed by atoms with Gasteiger partial charge >= 0.3 is 12.1 Å². The summed E-state index contributed by atoms with van der Waals surface area (Å²) in [6, 6.07) is 5.57. The van der Waals surface area contributed by atoms with Crippen LogP contribution in [0, 0.1) is 5.92 Å². The van der Waals surface area contributed by atoms with Crippen LogP contribution in [0.2, 0.25) is 0 Å². The maximum Gasteiger partial charge on any atom is 0.408 e. The summed E-state index contributed by atoms with van der Waals surface area (Å²) in [6.45, 7) is 12.9. The zero-order valence-corrected chi connectivity index (χ0v) is 22.3. The number of rotatable bonds is 11. The number of hydrogen-bond acceptors (Lipinski definition) is 6. The second-order valence-electron chi connectivity index (χ2n) is 9.66. The average molecular weight is 492 g/mol. The molecule has 2 unspecified atom stereocenters. The third kappa shape index (κ3) is 9.96. The lowest BCUT2D eigenvalue weighted by atomic mass is 9.98. The van der Waals surface area contributed by atoms with Crippen LogP contribution in [0.5, 0.6) is 0 Å². The van der Waals surface area contributed by atoms with Crippen molar-refractivity contribution in [3.05, 3.63) is 35.4 Å². The predicted octanol–water partition coefficient (Wildman–Crippen LogP) is 3.37. The molecule has 196 valence electrons. The fourth-order valence-electron chi connectivity index (χ4n) is 3.40. The molecule has 1 rings (SSSR count). The summed E-state index contributed by atoms with van der Waals surface area (Å²) in [5, 5.41) is 5.37. The SMILES string of the molecule is CCOC(=O)CCNC(=O)C(c1ccc(CC)cc1)N(C)C(=O)C(NC(=O)OC(C)(C)C)C(C)C. The van der Waals surface area contributed by atoms with Crippen LogP contribution in [-0.2, 0) is 30.3 Å². The highest BCUT2D eigenvalue weighted by Crippen LogP contribution is 2.23. The van der Waals surface area contributed by atoms with Gasteiger partial charge in [-0.05, 0) is 51.2 Å². The summed E-state index contributed by atoms with van der Waals surface area (Å²) in [5.74, 6) is -1.54. The molecule has 0 saturated carbocycles. The maximum absolute atomic E-state index is 13.5. The smallest absolute Gasteiger partial charge is 0.408 e. The molecule has 0 aromatic heterocycles. The Morgan fingerprint density at radius 1 is 1.03 bits per heavy atom. The van der Waals surface area contributed by atoms with E-state index in [1.165, 1.54) is 11.9 Å². The topological polar surface area (TPSA) is 114 Å². The molecule has 35 heavy (non-hydrogen) atoms. The Kier molecular flexibility index (Phi) is 11.7. The number of likely N-dealkylation sites (N-methyl/N-ethyl adjacent to an activating group) is 1. The number of amides is 3. The van der Waals surface area contributed by atoms with Crippen LogP contribution in [0.4, 0.5) is 4.79 Å².